The predicted molar refractivity (Wildman–Crippen MR) is 69.6 cm³/mol. The third-order valence-electron chi connectivity index (χ3n) is 2.95. The third-order valence-corrected chi connectivity index (χ3v) is 2.95. The van der Waals surface area contributed by atoms with Crippen LogP contribution in [0.25, 0.3) is 16.9 Å². The number of methoxy groups -OCH3 is 1. The van der Waals surface area contributed by atoms with Crippen molar-refractivity contribution in [2.75, 3.05) is 7.11 Å². The molecule has 0 amide bonds. The quantitative estimate of drug-likeness (QED) is 0.669. The van der Waals surface area contributed by atoms with E-state index in [0.717, 1.165) is 0 Å². The fourth-order valence-electron chi connectivity index (χ4n) is 2.03. The van der Waals surface area contributed by atoms with Gasteiger partial charge in [-0.3, -0.25) is 4.40 Å². The summed E-state index contributed by atoms with van der Waals surface area (Å²) in [4.78, 5) is 7.80. The molecule has 3 heterocycles. The number of rotatable bonds is 2. The molecule has 0 aliphatic carbocycles. The summed E-state index contributed by atoms with van der Waals surface area (Å²) in [5.41, 5.74) is 2.31. The van der Waals surface area contributed by atoms with E-state index in [4.69, 9.17) is 10.00 Å². The van der Waals surface area contributed by atoms with Crippen LogP contribution in [0.5, 0.6) is 5.75 Å². The van der Waals surface area contributed by atoms with Crippen molar-refractivity contribution < 1.29 is 9.13 Å². The smallest absolute Gasteiger partial charge is 0.212 e. The van der Waals surface area contributed by atoms with Crippen LogP contribution in [0.3, 0.4) is 0 Å². The Morgan fingerprint density at radius 1 is 1.25 bits per heavy atom. The number of hydrogen-bond donors (Lipinski definition) is 0. The second kappa shape index (κ2) is 4.63. The molecule has 0 atom stereocenters. The number of hydrogen-bond acceptors (Lipinski definition) is 4. The van der Waals surface area contributed by atoms with Crippen molar-refractivity contribution >= 4 is 5.65 Å². The maximum Gasteiger partial charge on any atom is 0.212 e. The van der Waals surface area contributed by atoms with Gasteiger partial charge in [0.25, 0.3) is 0 Å². The number of ether oxygens (including phenoxy) is 1. The normalized spacial score (nSPS) is 10.4. The maximum absolute atomic E-state index is 12.9. The van der Waals surface area contributed by atoms with Crippen molar-refractivity contribution in [1.29, 1.82) is 5.26 Å². The minimum Gasteiger partial charge on any atom is -0.497 e. The van der Waals surface area contributed by atoms with Gasteiger partial charge in [0.15, 0.2) is 0 Å². The van der Waals surface area contributed by atoms with Crippen LogP contribution in [0.15, 0.2) is 36.7 Å². The van der Waals surface area contributed by atoms with Gasteiger partial charge in [0, 0.05) is 23.9 Å². The van der Waals surface area contributed by atoms with E-state index in [-0.39, 0.29) is 0 Å². The Bertz CT molecular complexity index is 818. The van der Waals surface area contributed by atoms with Crippen LogP contribution in [0.4, 0.5) is 4.39 Å². The van der Waals surface area contributed by atoms with E-state index in [0.29, 0.717) is 28.3 Å². The van der Waals surface area contributed by atoms with Gasteiger partial charge < -0.3 is 4.74 Å². The molecule has 0 radical (unpaired) electrons. The molecule has 0 aromatic carbocycles. The minimum atomic E-state index is -0.556. The average molecular weight is 268 g/mol. The van der Waals surface area contributed by atoms with Gasteiger partial charge in [-0.2, -0.15) is 9.65 Å². The van der Waals surface area contributed by atoms with Crippen LogP contribution in [-0.2, 0) is 0 Å². The molecule has 0 unspecified atom stereocenters. The summed E-state index contributed by atoms with van der Waals surface area (Å²) in [6.45, 7) is 0. The first-order chi connectivity index (χ1) is 9.72. The number of halogens is 1. The average Bonchev–Trinajstić information content (AvgIpc) is 2.90. The van der Waals surface area contributed by atoms with Crippen molar-refractivity contribution in [3.05, 3.63) is 48.3 Å². The van der Waals surface area contributed by atoms with E-state index >= 15 is 0 Å². The molecular formula is C14H9FN4O. The second-order valence-electron chi connectivity index (χ2n) is 4.10. The highest BCUT2D eigenvalue weighted by molar-refractivity contribution is 5.67. The molecule has 0 spiro atoms. The predicted octanol–water partition coefficient (Wildman–Crippen LogP) is 2.42. The summed E-state index contributed by atoms with van der Waals surface area (Å²) in [5, 5.41) is 9.15. The fraction of sp³-hybridized carbons (Fsp3) is 0.0714. The van der Waals surface area contributed by atoms with E-state index in [2.05, 4.69) is 16.0 Å². The molecule has 0 aliphatic heterocycles. The number of nitriles is 1. The zero-order valence-corrected chi connectivity index (χ0v) is 10.5. The second-order valence-corrected chi connectivity index (χ2v) is 4.10. The molecule has 98 valence electrons. The molecule has 0 saturated carbocycles. The van der Waals surface area contributed by atoms with Gasteiger partial charge in [-0.1, -0.05) is 0 Å². The summed E-state index contributed by atoms with van der Waals surface area (Å²) in [6.07, 6.45) is 2.89. The van der Waals surface area contributed by atoms with E-state index in [9.17, 15) is 4.39 Å². The Balaban J connectivity index is 2.34. The highest BCUT2D eigenvalue weighted by atomic mass is 19.1. The topological polar surface area (TPSA) is 63.2 Å². The molecule has 3 aromatic heterocycles. The molecule has 5 nitrogen and oxygen atoms in total. The lowest BCUT2D eigenvalue weighted by molar-refractivity contribution is 0.415. The lowest BCUT2D eigenvalue weighted by Crippen LogP contribution is -1.97. The lowest BCUT2D eigenvalue weighted by atomic mass is 10.2. The zero-order chi connectivity index (χ0) is 14.1. The molecule has 0 aliphatic rings. The number of pyridine rings is 2. The Morgan fingerprint density at radius 2 is 2.10 bits per heavy atom. The zero-order valence-electron chi connectivity index (χ0n) is 10.5. The molecule has 3 rings (SSSR count). The molecule has 0 N–H and O–H groups in total. The highest BCUT2D eigenvalue weighted by Gasteiger charge is 2.12. The Morgan fingerprint density at radius 3 is 2.75 bits per heavy atom. The van der Waals surface area contributed by atoms with Gasteiger partial charge in [-0.25, -0.2) is 9.97 Å². The molecule has 0 fully saturated rings. The molecular weight excluding hydrogens is 259 g/mol. The summed E-state index contributed by atoms with van der Waals surface area (Å²) < 4.78 is 19.8. The van der Waals surface area contributed by atoms with Crippen LogP contribution in [-0.4, -0.2) is 21.5 Å². The van der Waals surface area contributed by atoms with Crippen LogP contribution in [0.1, 0.15) is 5.69 Å². The lowest BCUT2D eigenvalue weighted by Gasteiger charge is -2.09. The number of nitrogens with zero attached hydrogens (tertiary/aromatic N) is 4. The monoisotopic (exact) mass is 268 g/mol. The van der Waals surface area contributed by atoms with Gasteiger partial charge in [-0.15, -0.1) is 0 Å². The van der Waals surface area contributed by atoms with Crippen molar-refractivity contribution in [3.63, 3.8) is 0 Å². The van der Waals surface area contributed by atoms with Gasteiger partial charge in [0.05, 0.1) is 19.0 Å². The molecule has 3 aromatic rings. The van der Waals surface area contributed by atoms with Crippen molar-refractivity contribution in [1.82, 2.24) is 14.4 Å². The molecule has 0 saturated heterocycles. The first-order valence-electron chi connectivity index (χ1n) is 5.80. The summed E-state index contributed by atoms with van der Waals surface area (Å²) in [7, 11) is 1.55. The van der Waals surface area contributed by atoms with Gasteiger partial charge >= 0.3 is 0 Å². The number of fused-ring (bicyclic) bond motifs is 1. The highest BCUT2D eigenvalue weighted by Crippen LogP contribution is 2.27. The first-order valence-corrected chi connectivity index (χ1v) is 5.80. The summed E-state index contributed by atoms with van der Waals surface area (Å²) >= 11 is 0. The maximum atomic E-state index is 12.9. The third kappa shape index (κ3) is 1.86. The van der Waals surface area contributed by atoms with E-state index in [1.165, 1.54) is 18.5 Å². The largest absolute Gasteiger partial charge is 0.497 e. The van der Waals surface area contributed by atoms with Crippen LogP contribution >= 0.6 is 0 Å². The van der Waals surface area contributed by atoms with E-state index < -0.39 is 5.95 Å². The number of aromatic nitrogens is 3. The molecule has 0 bridgehead atoms. The standard InChI is InChI=1S/C14H9FN4O/c1-20-11-4-12(9-2-3-13(15)17-7-9)19-10(6-16)8-18-14(19)5-11/h2-5,7-8H,1H3. The van der Waals surface area contributed by atoms with Gasteiger partial charge in [-0.05, 0) is 12.1 Å². The van der Waals surface area contributed by atoms with Crippen LogP contribution < -0.4 is 4.74 Å². The Labute approximate surface area is 113 Å². The van der Waals surface area contributed by atoms with Crippen LogP contribution in [0, 0.1) is 17.3 Å². The summed E-state index contributed by atoms with van der Waals surface area (Å²) in [6, 6.07) is 8.41. The Hall–Kier alpha value is -2.94. The SMILES string of the molecule is COc1cc(-c2ccc(F)nc2)n2c(C#N)cnc2c1. The molecule has 6 heteroatoms. The van der Waals surface area contributed by atoms with Crippen molar-refractivity contribution in [2.45, 2.75) is 0 Å². The van der Waals surface area contributed by atoms with E-state index in [1.54, 1.807) is 29.7 Å². The minimum absolute atomic E-state index is 0.391. The number of imidazole rings is 1. The van der Waals surface area contributed by atoms with Crippen molar-refractivity contribution in [2.24, 2.45) is 0 Å². The Kier molecular flexibility index (Phi) is 2.80. The first kappa shape index (κ1) is 12.1. The van der Waals surface area contributed by atoms with E-state index in [1.807, 2.05) is 0 Å². The van der Waals surface area contributed by atoms with Crippen molar-refractivity contribution in [3.8, 4) is 23.1 Å². The summed E-state index contributed by atoms with van der Waals surface area (Å²) in [5.74, 6) is 0.0472. The molecule has 20 heavy (non-hydrogen) atoms. The van der Waals surface area contributed by atoms with Gasteiger partial charge in [0.2, 0.25) is 5.95 Å². The fourth-order valence-corrected chi connectivity index (χ4v) is 2.03. The van der Waals surface area contributed by atoms with Crippen LogP contribution in [0.2, 0.25) is 0 Å². The van der Waals surface area contributed by atoms with Gasteiger partial charge in [0.1, 0.15) is 23.2 Å².